The summed E-state index contributed by atoms with van der Waals surface area (Å²) in [5, 5.41) is 6.45. The summed E-state index contributed by atoms with van der Waals surface area (Å²) in [5.41, 5.74) is 5.96. The number of amides is 1. The predicted octanol–water partition coefficient (Wildman–Crippen LogP) is 2.46. The Labute approximate surface area is 145 Å². The normalized spacial score (nSPS) is 12.1. The van der Waals surface area contributed by atoms with Crippen molar-refractivity contribution in [3.05, 3.63) is 42.0 Å². The molecule has 0 atom stereocenters. The summed E-state index contributed by atoms with van der Waals surface area (Å²) >= 11 is 0. The van der Waals surface area contributed by atoms with Gasteiger partial charge in [0.25, 0.3) is 17.6 Å². The number of carbonyl (C=O) groups is 1. The number of hydrogen-bond acceptors (Lipinski definition) is 6. The number of nitrogens with two attached hydrogens (primary N) is 1. The average molecular weight is 348 g/mol. The van der Waals surface area contributed by atoms with Crippen molar-refractivity contribution in [2.24, 2.45) is 5.73 Å². The molecule has 0 aliphatic carbocycles. The predicted molar refractivity (Wildman–Crippen MR) is 90.7 cm³/mol. The molecule has 1 aromatic heterocycles. The molecule has 0 spiro atoms. The maximum atomic E-state index is 12.4. The molecule has 1 amide bonds. The molecule has 25 heavy (non-hydrogen) atoms. The van der Waals surface area contributed by atoms with E-state index in [-0.39, 0.29) is 24.9 Å². The van der Waals surface area contributed by atoms with Crippen LogP contribution in [0.15, 0.2) is 40.7 Å². The van der Waals surface area contributed by atoms with Gasteiger partial charge < -0.3 is 20.3 Å². The Kier molecular flexibility index (Phi) is 5.87. The van der Waals surface area contributed by atoms with Crippen LogP contribution >= 0.6 is 0 Å². The van der Waals surface area contributed by atoms with Gasteiger partial charge in [-0.2, -0.15) is 4.98 Å². The molecule has 0 unspecified atom stereocenters. The van der Waals surface area contributed by atoms with Gasteiger partial charge in [0.1, 0.15) is 12.4 Å². The zero-order valence-electron chi connectivity index (χ0n) is 14.4. The highest BCUT2D eigenvalue weighted by Gasteiger charge is 2.20. The molecule has 7 nitrogen and oxygen atoms in total. The zero-order chi connectivity index (χ0) is 18.4. The fourth-order valence-corrected chi connectivity index (χ4v) is 1.83. The minimum Gasteiger partial charge on any atom is -0.489 e. The van der Waals surface area contributed by atoms with E-state index in [1.54, 1.807) is 24.3 Å². The van der Waals surface area contributed by atoms with E-state index in [4.69, 9.17) is 15.0 Å². The van der Waals surface area contributed by atoms with Crippen LogP contribution in [0.5, 0.6) is 5.75 Å². The number of aromatic nitrogens is 2. The molecular formula is C17H21FN4O3. The van der Waals surface area contributed by atoms with E-state index in [0.717, 1.165) is 0 Å². The van der Waals surface area contributed by atoms with Crippen LogP contribution in [-0.2, 0) is 0 Å². The standard InChI is InChI=1S/C17H21FN4O3/c1-17(2,3)21-15(23)14-20-16(25-22-14)12-4-6-13(7-5-12)24-10-11(8-18)9-19/h4-8H,9-10,19H2,1-3H3,(H,21,23)/b11-8-. The van der Waals surface area contributed by atoms with Gasteiger partial charge in [-0.25, -0.2) is 4.39 Å². The third-order valence-electron chi connectivity index (χ3n) is 3.06. The highest BCUT2D eigenvalue weighted by atomic mass is 19.1. The molecule has 8 heteroatoms. The number of nitrogens with zero attached hydrogens (tertiary/aromatic N) is 2. The summed E-state index contributed by atoms with van der Waals surface area (Å²) in [6, 6.07) is 6.77. The fourth-order valence-electron chi connectivity index (χ4n) is 1.83. The van der Waals surface area contributed by atoms with Gasteiger partial charge in [0, 0.05) is 23.2 Å². The van der Waals surface area contributed by atoms with Crippen molar-refractivity contribution >= 4 is 5.91 Å². The van der Waals surface area contributed by atoms with Gasteiger partial charge in [0.05, 0.1) is 6.33 Å². The zero-order valence-corrected chi connectivity index (χ0v) is 14.4. The molecule has 1 heterocycles. The second kappa shape index (κ2) is 7.89. The molecule has 0 aliphatic heterocycles. The molecule has 0 radical (unpaired) electrons. The monoisotopic (exact) mass is 348 g/mol. The molecule has 0 aliphatic rings. The quantitative estimate of drug-likeness (QED) is 0.831. The van der Waals surface area contributed by atoms with Crippen LogP contribution in [0.4, 0.5) is 4.39 Å². The van der Waals surface area contributed by atoms with E-state index >= 15 is 0 Å². The van der Waals surface area contributed by atoms with Crippen LogP contribution in [0.2, 0.25) is 0 Å². The van der Waals surface area contributed by atoms with Gasteiger partial charge in [-0.05, 0) is 45.0 Å². The third-order valence-corrected chi connectivity index (χ3v) is 3.06. The van der Waals surface area contributed by atoms with Gasteiger partial charge in [-0.3, -0.25) is 4.79 Å². The number of hydrogen-bond donors (Lipinski definition) is 2. The number of rotatable bonds is 6. The van der Waals surface area contributed by atoms with Crippen LogP contribution in [0.1, 0.15) is 31.4 Å². The van der Waals surface area contributed by atoms with E-state index in [1.807, 2.05) is 20.8 Å². The lowest BCUT2D eigenvalue weighted by molar-refractivity contribution is 0.0906. The minimum atomic E-state index is -0.408. The van der Waals surface area contributed by atoms with Crippen LogP contribution in [0.3, 0.4) is 0 Å². The van der Waals surface area contributed by atoms with Crippen molar-refractivity contribution in [2.75, 3.05) is 13.2 Å². The summed E-state index contributed by atoms with van der Waals surface area (Å²) < 4.78 is 23.0. The molecule has 0 saturated carbocycles. The molecule has 0 fully saturated rings. The van der Waals surface area contributed by atoms with E-state index < -0.39 is 11.4 Å². The Balaban J connectivity index is 2.04. The van der Waals surface area contributed by atoms with Gasteiger partial charge in [0.15, 0.2) is 0 Å². The van der Waals surface area contributed by atoms with E-state index in [1.165, 1.54) is 0 Å². The SMILES string of the molecule is CC(C)(C)NC(=O)c1noc(-c2ccc(OC/C(=C\F)CN)cc2)n1. The van der Waals surface area contributed by atoms with Crippen LogP contribution in [0, 0.1) is 0 Å². The summed E-state index contributed by atoms with van der Waals surface area (Å²) in [7, 11) is 0. The van der Waals surface area contributed by atoms with Crippen molar-refractivity contribution < 1.29 is 18.4 Å². The highest BCUT2D eigenvalue weighted by molar-refractivity contribution is 5.91. The molecule has 2 rings (SSSR count). The van der Waals surface area contributed by atoms with E-state index in [0.29, 0.717) is 23.2 Å². The van der Waals surface area contributed by atoms with Crippen molar-refractivity contribution in [3.63, 3.8) is 0 Å². The van der Waals surface area contributed by atoms with Gasteiger partial charge in [-0.15, -0.1) is 0 Å². The summed E-state index contributed by atoms with van der Waals surface area (Å²) in [6.45, 7) is 5.75. The molecule has 2 aromatic rings. The largest absolute Gasteiger partial charge is 0.489 e. The van der Waals surface area contributed by atoms with Crippen LogP contribution in [0.25, 0.3) is 11.5 Å². The first-order valence-electron chi connectivity index (χ1n) is 7.70. The maximum absolute atomic E-state index is 12.4. The number of carbonyl (C=O) groups excluding carboxylic acids is 1. The second-order valence-corrected chi connectivity index (χ2v) is 6.41. The summed E-state index contributed by atoms with van der Waals surface area (Å²) in [5.74, 6) is 0.319. The first-order chi connectivity index (χ1) is 11.8. The Hall–Kier alpha value is -2.74. The lowest BCUT2D eigenvalue weighted by atomic mass is 10.1. The third kappa shape index (κ3) is 5.39. The highest BCUT2D eigenvalue weighted by Crippen LogP contribution is 2.21. The topological polar surface area (TPSA) is 103 Å². The van der Waals surface area contributed by atoms with E-state index in [2.05, 4.69) is 15.5 Å². The second-order valence-electron chi connectivity index (χ2n) is 6.41. The maximum Gasteiger partial charge on any atom is 0.293 e. The number of ether oxygens (including phenoxy) is 1. The van der Waals surface area contributed by atoms with Gasteiger partial charge in [-0.1, -0.05) is 5.16 Å². The van der Waals surface area contributed by atoms with Crippen LogP contribution in [-0.4, -0.2) is 34.7 Å². The first-order valence-corrected chi connectivity index (χ1v) is 7.70. The van der Waals surface area contributed by atoms with Crippen molar-refractivity contribution in [3.8, 4) is 17.2 Å². The fraction of sp³-hybridized carbons (Fsp3) is 0.353. The Morgan fingerprint density at radius 2 is 2.04 bits per heavy atom. The number of halogens is 1. The summed E-state index contributed by atoms with van der Waals surface area (Å²) in [6.07, 6.45) is 0.441. The molecule has 0 saturated heterocycles. The molecule has 1 aromatic carbocycles. The first kappa shape index (κ1) is 18.6. The molecule has 3 N–H and O–H groups in total. The molecule has 0 bridgehead atoms. The minimum absolute atomic E-state index is 0.0362. The molecule has 134 valence electrons. The summed E-state index contributed by atoms with van der Waals surface area (Å²) in [4.78, 5) is 16.1. The van der Waals surface area contributed by atoms with E-state index in [9.17, 15) is 9.18 Å². The van der Waals surface area contributed by atoms with Crippen molar-refractivity contribution in [1.29, 1.82) is 0 Å². The van der Waals surface area contributed by atoms with Crippen LogP contribution < -0.4 is 15.8 Å². The van der Waals surface area contributed by atoms with Crippen molar-refractivity contribution in [2.45, 2.75) is 26.3 Å². The Morgan fingerprint density at radius 3 is 2.60 bits per heavy atom. The lowest BCUT2D eigenvalue weighted by Crippen LogP contribution is -2.41. The Bertz CT molecular complexity index is 748. The number of benzene rings is 1. The smallest absolute Gasteiger partial charge is 0.293 e. The number of nitrogens with one attached hydrogen (secondary N) is 1. The molecular weight excluding hydrogens is 327 g/mol. The van der Waals surface area contributed by atoms with Crippen molar-refractivity contribution in [1.82, 2.24) is 15.5 Å². The lowest BCUT2D eigenvalue weighted by Gasteiger charge is -2.18. The average Bonchev–Trinajstić information content (AvgIpc) is 3.05. The Morgan fingerprint density at radius 1 is 1.36 bits per heavy atom. The van der Waals surface area contributed by atoms with Gasteiger partial charge >= 0.3 is 0 Å². The van der Waals surface area contributed by atoms with Gasteiger partial charge in [0.2, 0.25) is 0 Å².